The monoisotopic (exact) mass is 336 g/mol. The highest BCUT2D eigenvalue weighted by atomic mass is 16.2. The van der Waals surface area contributed by atoms with E-state index in [2.05, 4.69) is 33.8 Å². The highest BCUT2D eigenvalue weighted by molar-refractivity contribution is 6.08. The van der Waals surface area contributed by atoms with Crippen molar-refractivity contribution in [2.75, 3.05) is 13.1 Å². The zero-order valence-corrected chi connectivity index (χ0v) is 15.0. The van der Waals surface area contributed by atoms with Crippen molar-refractivity contribution in [3.63, 3.8) is 0 Å². The Morgan fingerprint density at radius 3 is 2.84 bits per heavy atom. The maximum atomic E-state index is 13.3. The van der Waals surface area contributed by atoms with Crippen LogP contribution in [0, 0.1) is 13.8 Å². The topological polar surface area (TPSA) is 53.9 Å². The summed E-state index contributed by atoms with van der Waals surface area (Å²) in [7, 11) is 2.03. The summed E-state index contributed by atoms with van der Waals surface area (Å²) in [5.41, 5.74) is 5.35. The van der Waals surface area contributed by atoms with Gasteiger partial charge in [-0.25, -0.2) is 0 Å². The number of aryl methyl sites for hydroxylation is 2. The molecule has 1 aromatic carbocycles. The lowest BCUT2D eigenvalue weighted by Crippen LogP contribution is -2.39. The van der Waals surface area contributed by atoms with E-state index in [-0.39, 0.29) is 5.91 Å². The van der Waals surface area contributed by atoms with Crippen LogP contribution in [-0.2, 0) is 7.05 Å². The molecule has 0 radical (unpaired) electrons. The van der Waals surface area contributed by atoms with Gasteiger partial charge in [-0.3, -0.25) is 9.89 Å². The molecular weight excluding hydrogens is 312 g/mol. The Kier molecular flexibility index (Phi) is 3.86. The molecule has 0 aliphatic carbocycles. The van der Waals surface area contributed by atoms with Crippen LogP contribution in [0.25, 0.3) is 10.9 Å². The number of carbonyl (C=O) groups excluding carboxylic acids is 1. The maximum absolute atomic E-state index is 13.3. The van der Waals surface area contributed by atoms with E-state index >= 15 is 0 Å². The third-order valence-electron chi connectivity index (χ3n) is 5.60. The Morgan fingerprint density at radius 1 is 1.28 bits per heavy atom. The van der Waals surface area contributed by atoms with Crippen molar-refractivity contribution >= 4 is 16.8 Å². The minimum Gasteiger partial charge on any atom is -0.347 e. The number of H-pyrrole nitrogens is 1. The molecule has 1 amide bonds. The third kappa shape index (κ3) is 2.54. The van der Waals surface area contributed by atoms with Gasteiger partial charge in [-0.2, -0.15) is 5.10 Å². The molecule has 0 bridgehead atoms. The van der Waals surface area contributed by atoms with Crippen molar-refractivity contribution in [2.45, 2.75) is 32.6 Å². The predicted octanol–water partition coefficient (Wildman–Crippen LogP) is 3.54. The highest BCUT2D eigenvalue weighted by Gasteiger charge is 2.29. The molecule has 25 heavy (non-hydrogen) atoms. The van der Waals surface area contributed by atoms with E-state index in [0.29, 0.717) is 5.92 Å². The molecule has 1 fully saturated rings. The van der Waals surface area contributed by atoms with Gasteiger partial charge in [-0.05, 0) is 38.3 Å². The zero-order chi connectivity index (χ0) is 17.6. The van der Waals surface area contributed by atoms with E-state index in [1.807, 2.05) is 37.2 Å². The number of rotatable bonds is 2. The van der Waals surface area contributed by atoms with E-state index < -0.39 is 0 Å². The van der Waals surface area contributed by atoms with E-state index in [9.17, 15) is 4.79 Å². The number of nitrogens with zero attached hydrogens (tertiary/aromatic N) is 3. The Hall–Kier alpha value is -2.56. The van der Waals surface area contributed by atoms with Crippen LogP contribution in [0.1, 0.15) is 46.1 Å². The van der Waals surface area contributed by atoms with Crippen LogP contribution in [0.15, 0.2) is 30.5 Å². The number of carbonyl (C=O) groups is 1. The molecule has 1 N–H and O–H groups in total. The van der Waals surface area contributed by atoms with Crippen LogP contribution < -0.4 is 0 Å². The second-order valence-electron chi connectivity index (χ2n) is 7.09. The lowest BCUT2D eigenvalue weighted by atomic mass is 9.92. The average Bonchev–Trinajstić information content (AvgIpc) is 3.17. The number of amides is 1. The molecule has 3 heterocycles. The smallest absolute Gasteiger partial charge is 0.256 e. The molecule has 0 saturated carbocycles. The van der Waals surface area contributed by atoms with Gasteiger partial charge in [-0.1, -0.05) is 18.2 Å². The quantitative estimate of drug-likeness (QED) is 0.778. The largest absolute Gasteiger partial charge is 0.347 e. The van der Waals surface area contributed by atoms with E-state index in [1.165, 1.54) is 11.3 Å². The molecule has 1 aliphatic rings. The molecule has 5 heteroatoms. The first-order chi connectivity index (χ1) is 12.1. The van der Waals surface area contributed by atoms with E-state index in [1.54, 1.807) is 0 Å². The van der Waals surface area contributed by atoms with Crippen molar-refractivity contribution in [3.8, 4) is 0 Å². The summed E-state index contributed by atoms with van der Waals surface area (Å²) in [6, 6.07) is 8.15. The van der Waals surface area contributed by atoms with Crippen molar-refractivity contribution in [1.29, 1.82) is 0 Å². The van der Waals surface area contributed by atoms with Gasteiger partial charge in [0.25, 0.3) is 5.91 Å². The number of benzene rings is 1. The van der Waals surface area contributed by atoms with Gasteiger partial charge in [0, 0.05) is 48.3 Å². The van der Waals surface area contributed by atoms with Crippen LogP contribution in [0.5, 0.6) is 0 Å². The van der Waals surface area contributed by atoms with Crippen LogP contribution in [0.2, 0.25) is 0 Å². The van der Waals surface area contributed by atoms with Crippen LogP contribution >= 0.6 is 0 Å². The molecule has 2 aromatic heterocycles. The summed E-state index contributed by atoms with van der Waals surface area (Å²) in [5.74, 6) is 0.492. The van der Waals surface area contributed by atoms with Crippen LogP contribution in [0.3, 0.4) is 0 Å². The van der Waals surface area contributed by atoms with E-state index in [4.69, 9.17) is 0 Å². The second-order valence-corrected chi connectivity index (χ2v) is 7.09. The first-order valence-electron chi connectivity index (χ1n) is 8.91. The van der Waals surface area contributed by atoms with Gasteiger partial charge in [0.1, 0.15) is 0 Å². The van der Waals surface area contributed by atoms with Crippen molar-refractivity contribution in [2.24, 2.45) is 7.05 Å². The summed E-state index contributed by atoms with van der Waals surface area (Å²) < 4.78 is 2.11. The summed E-state index contributed by atoms with van der Waals surface area (Å²) in [6.45, 7) is 5.69. The fourth-order valence-corrected chi connectivity index (χ4v) is 4.12. The fraction of sp³-hybridized carbons (Fsp3) is 0.400. The van der Waals surface area contributed by atoms with Gasteiger partial charge in [0.2, 0.25) is 0 Å². The Morgan fingerprint density at radius 2 is 2.08 bits per heavy atom. The lowest BCUT2D eigenvalue weighted by Gasteiger charge is -2.32. The van der Waals surface area contributed by atoms with Gasteiger partial charge < -0.3 is 9.47 Å². The minimum atomic E-state index is 0.149. The minimum absolute atomic E-state index is 0.149. The molecule has 130 valence electrons. The molecule has 1 atom stereocenters. The molecule has 3 aromatic rings. The summed E-state index contributed by atoms with van der Waals surface area (Å²) in [5, 5.41) is 8.33. The van der Waals surface area contributed by atoms with Gasteiger partial charge >= 0.3 is 0 Å². The number of aromatic amines is 1. The van der Waals surface area contributed by atoms with Gasteiger partial charge in [-0.15, -0.1) is 0 Å². The number of hydrogen-bond acceptors (Lipinski definition) is 2. The standard InChI is InChI=1S/C20H24N4O/c1-13-11-21-22-19(13)15-7-6-10-24(12-15)20(25)18-14(2)23(3)17-9-5-4-8-16(17)18/h4-5,8-9,11,15H,6-7,10,12H2,1-3H3,(H,21,22). The highest BCUT2D eigenvalue weighted by Crippen LogP contribution is 2.31. The van der Waals surface area contributed by atoms with Crippen LogP contribution in [-0.4, -0.2) is 38.7 Å². The number of hydrogen-bond donors (Lipinski definition) is 1. The molecule has 1 saturated heterocycles. The summed E-state index contributed by atoms with van der Waals surface area (Å²) >= 11 is 0. The second kappa shape index (κ2) is 6.06. The van der Waals surface area contributed by atoms with E-state index in [0.717, 1.165) is 48.1 Å². The fourth-order valence-electron chi connectivity index (χ4n) is 4.12. The van der Waals surface area contributed by atoms with Gasteiger partial charge in [0.15, 0.2) is 0 Å². The average molecular weight is 336 g/mol. The first-order valence-corrected chi connectivity index (χ1v) is 8.91. The first kappa shape index (κ1) is 15.9. The number of piperidine rings is 1. The van der Waals surface area contributed by atoms with Crippen molar-refractivity contribution in [1.82, 2.24) is 19.7 Å². The third-order valence-corrected chi connectivity index (χ3v) is 5.60. The number of nitrogens with one attached hydrogen (secondary N) is 1. The normalized spacial score (nSPS) is 18.0. The zero-order valence-electron chi connectivity index (χ0n) is 15.0. The van der Waals surface area contributed by atoms with Crippen LogP contribution in [0.4, 0.5) is 0 Å². The molecule has 1 unspecified atom stereocenters. The molecular formula is C20H24N4O. The molecule has 1 aliphatic heterocycles. The Balaban J connectivity index is 1.67. The Bertz CT molecular complexity index is 936. The summed E-state index contributed by atoms with van der Waals surface area (Å²) in [6.07, 6.45) is 3.99. The summed E-state index contributed by atoms with van der Waals surface area (Å²) in [4.78, 5) is 15.4. The number of fused-ring (bicyclic) bond motifs is 1. The van der Waals surface area contributed by atoms with Crippen molar-refractivity contribution < 1.29 is 4.79 Å². The molecule has 4 rings (SSSR count). The maximum Gasteiger partial charge on any atom is 0.256 e. The number of likely N-dealkylation sites (tertiary alicyclic amines) is 1. The SMILES string of the molecule is Cc1cn[nH]c1C1CCCN(C(=O)c2c(C)n(C)c3ccccc23)C1. The predicted molar refractivity (Wildman–Crippen MR) is 98.9 cm³/mol. The number of para-hydroxylation sites is 1. The van der Waals surface area contributed by atoms with Gasteiger partial charge in [0.05, 0.1) is 11.8 Å². The number of aromatic nitrogens is 3. The molecule has 0 spiro atoms. The van der Waals surface area contributed by atoms with Crippen molar-refractivity contribution in [3.05, 3.63) is 53.0 Å². The Labute approximate surface area is 147 Å². The molecule has 5 nitrogen and oxygen atoms in total. The lowest BCUT2D eigenvalue weighted by molar-refractivity contribution is 0.0706.